The fraction of sp³-hybridized carbons (Fsp3) is 0.429. The highest BCUT2D eigenvalue weighted by atomic mass is 16.2. The summed E-state index contributed by atoms with van der Waals surface area (Å²) >= 11 is 0. The maximum absolute atomic E-state index is 8.64. The molecule has 0 radical (unpaired) electrons. The number of aliphatic hydroxyl groups is 1. The molecule has 2 heteroatoms. The minimum absolute atomic E-state index is 0.130. The Bertz CT molecular complexity index is 376. The monoisotopic (exact) mass is 217 g/mol. The van der Waals surface area contributed by atoms with E-state index in [1.165, 1.54) is 5.56 Å². The Labute approximate surface area is 97.9 Å². The average molecular weight is 217 g/mol. The molecule has 0 aromatic heterocycles. The van der Waals surface area contributed by atoms with Crippen LogP contribution >= 0.6 is 0 Å². The van der Waals surface area contributed by atoms with Crippen molar-refractivity contribution < 1.29 is 5.11 Å². The fourth-order valence-corrected chi connectivity index (χ4v) is 1.39. The molecule has 1 aromatic rings. The van der Waals surface area contributed by atoms with Gasteiger partial charge in [-0.2, -0.15) is 0 Å². The maximum Gasteiger partial charge on any atom is 0.0540 e. The number of rotatable bonds is 4. The third-order valence-corrected chi connectivity index (χ3v) is 2.39. The molecule has 0 atom stereocenters. The summed E-state index contributed by atoms with van der Waals surface area (Å²) in [6, 6.07) is 8.25. The molecule has 86 valence electrons. The Hall–Kier alpha value is -1.30. The number of aliphatic hydroxyl groups excluding tert-OH is 1. The molecule has 0 fully saturated rings. The van der Waals surface area contributed by atoms with Gasteiger partial charge in [0, 0.05) is 18.5 Å². The van der Waals surface area contributed by atoms with E-state index in [1.54, 1.807) is 0 Å². The lowest BCUT2D eigenvalue weighted by atomic mass is 10.1. The zero-order valence-corrected chi connectivity index (χ0v) is 10.0. The third kappa shape index (κ3) is 4.48. The van der Waals surface area contributed by atoms with Crippen molar-refractivity contribution in [1.82, 2.24) is 4.90 Å². The van der Waals surface area contributed by atoms with Gasteiger partial charge in [0.1, 0.15) is 0 Å². The summed E-state index contributed by atoms with van der Waals surface area (Å²) in [4.78, 5) is 2.25. The molecule has 0 aliphatic heterocycles. The van der Waals surface area contributed by atoms with Gasteiger partial charge in [0.25, 0.3) is 0 Å². The molecule has 1 N–H and O–H groups in total. The van der Waals surface area contributed by atoms with Crippen molar-refractivity contribution in [1.29, 1.82) is 0 Å². The molecule has 0 unspecified atom stereocenters. The first-order valence-corrected chi connectivity index (χ1v) is 5.63. The van der Waals surface area contributed by atoms with Crippen LogP contribution in [0.15, 0.2) is 24.3 Å². The predicted molar refractivity (Wildman–Crippen MR) is 67.0 cm³/mol. The van der Waals surface area contributed by atoms with E-state index >= 15 is 0 Å². The van der Waals surface area contributed by atoms with Crippen LogP contribution in [0.1, 0.15) is 24.5 Å². The zero-order chi connectivity index (χ0) is 11.8. The Morgan fingerprint density at radius 3 is 2.88 bits per heavy atom. The highest BCUT2D eigenvalue weighted by Gasteiger charge is 1.97. The normalized spacial score (nSPS) is 10.0. The number of benzene rings is 1. The first-order chi connectivity index (χ1) is 7.76. The predicted octanol–water partition coefficient (Wildman–Crippen LogP) is 1.87. The second kappa shape index (κ2) is 7.05. The Morgan fingerprint density at radius 2 is 2.19 bits per heavy atom. The molecule has 1 aromatic carbocycles. The molecule has 0 bridgehead atoms. The molecule has 0 aliphatic rings. The molecule has 0 spiro atoms. The van der Waals surface area contributed by atoms with E-state index in [0.29, 0.717) is 6.42 Å². The summed E-state index contributed by atoms with van der Waals surface area (Å²) < 4.78 is 0. The highest BCUT2D eigenvalue weighted by molar-refractivity contribution is 5.37. The molecule has 0 amide bonds. The van der Waals surface area contributed by atoms with Crippen LogP contribution in [0.4, 0.5) is 0 Å². The van der Waals surface area contributed by atoms with Gasteiger partial charge in [-0.1, -0.05) is 30.9 Å². The highest BCUT2D eigenvalue weighted by Crippen LogP contribution is 2.06. The molecule has 2 nitrogen and oxygen atoms in total. The van der Waals surface area contributed by atoms with E-state index in [9.17, 15) is 0 Å². The molecule has 1 rings (SSSR count). The summed E-state index contributed by atoms with van der Waals surface area (Å²) in [5.74, 6) is 5.98. The van der Waals surface area contributed by atoms with Crippen LogP contribution in [0.5, 0.6) is 0 Å². The summed E-state index contributed by atoms with van der Waals surface area (Å²) in [5.41, 5.74) is 2.30. The Kier molecular flexibility index (Phi) is 5.63. The standard InChI is InChI=1S/C14H19NO/c1-3-15(2)12-14-9-6-8-13(11-14)7-4-5-10-16/h6,8-9,11,16H,3,5,10,12H2,1-2H3. The molecular weight excluding hydrogens is 198 g/mol. The first kappa shape index (κ1) is 12.8. The van der Waals surface area contributed by atoms with Crippen molar-refractivity contribution in [3.63, 3.8) is 0 Å². The van der Waals surface area contributed by atoms with Crippen LogP contribution in [0.25, 0.3) is 0 Å². The smallest absolute Gasteiger partial charge is 0.0540 e. The quantitative estimate of drug-likeness (QED) is 0.778. The van der Waals surface area contributed by atoms with E-state index in [1.807, 2.05) is 12.1 Å². The van der Waals surface area contributed by atoms with Gasteiger partial charge < -0.3 is 10.0 Å². The van der Waals surface area contributed by atoms with Crippen LogP contribution in [-0.4, -0.2) is 30.2 Å². The minimum atomic E-state index is 0.130. The molecular formula is C14H19NO. The lowest BCUT2D eigenvalue weighted by Crippen LogP contribution is -2.16. The molecule has 0 aliphatic carbocycles. The molecule has 16 heavy (non-hydrogen) atoms. The van der Waals surface area contributed by atoms with Gasteiger partial charge in [-0.15, -0.1) is 0 Å². The summed E-state index contributed by atoms with van der Waals surface area (Å²) in [5, 5.41) is 8.64. The molecule has 0 saturated heterocycles. The second-order valence-corrected chi connectivity index (χ2v) is 3.81. The zero-order valence-electron chi connectivity index (χ0n) is 10.0. The van der Waals surface area contributed by atoms with Crippen LogP contribution in [0, 0.1) is 11.8 Å². The molecule has 0 heterocycles. The number of nitrogens with zero attached hydrogens (tertiary/aromatic N) is 1. The van der Waals surface area contributed by atoms with E-state index in [4.69, 9.17) is 5.11 Å². The van der Waals surface area contributed by atoms with Crippen molar-refractivity contribution in [2.75, 3.05) is 20.2 Å². The van der Waals surface area contributed by atoms with Crippen molar-refractivity contribution in [3.8, 4) is 11.8 Å². The van der Waals surface area contributed by atoms with E-state index in [2.05, 4.69) is 42.8 Å². The van der Waals surface area contributed by atoms with Gasteiger partial charge in [-0.05, 0) is 31.3 Å². The van der Waals surface area contributed by atoms with E-state index in [-0.39, 0.29) is 6.61 Å². The van der Waals surface area contributed by atoms with Crippen LogP contribution in [-0.2, 0) is 6.54 Å². The van der Waals surface area contributed by atoms with Gasteiger partial charge in [0.05, 0.1) is 6.61 Å². The molecule has 0 saturated carbocycles. The van der Waals surface area contributed by atoms with Crippen LogP contribution in [0.3, 0.4) is 0 Å². The van der Waals surface area contributed by atoms with E-state index < -0.39 is 0 Å². The SMILES string of the molecule is CCN(C)Cc1cccc(C#CCCO)c1. The topological polar surface area (TPSA) is 23.5 Å². The van der Waals surface area contributed by atoms with Gasteiger partial charge in [-0.3, -0.25) is 0 Å². The Balaban J connectivity index is 2.68. The lowest BCUT2D eigenvalue weighted by Gasteiger charge is -2.13. The summed E-state index contributed by atoms with van der Waals surface area (Å²) in [7, 11) is 2.10. The lowest BCUT2D eigenvalue weighted by molar-refractivity contribution is 0.305. The van der Waals surface area contributed by atoms with E-state index in [0.717, 1.165) is 18.7 Å². The van der Waals surface area contributed by atoms with Crippen LogP contribution < -0.4 is 0 Å². The third-order valence-electron chi connectivity index (χ3n) is 2.39. The van der Waals surface area contributed by atoms with Crippen molar-refractivity contribution in [2.45, 2.75) is 19.9 Å². The first-order valence-electron chi connectivity index (χ1n) is 5.63. The van der Waals surface area contributed by atoms with Crippen molar-refractivity contribution >= 4 is 0 Å². The number of hydrogen-bond acceptors (Lipinski definition) is 2. The largest absolute Gasteiger partial charge is 0.395 e. The van der Waals surface area contributed by atoms with Crippen molar-refractivity contribution in [3.05, 3.63) is 35.4 Å². The number of hydrogen-bond donors (Lipinski definition) is 1. The van der Waals surface area contributed by atoms with Gasteiger partial charge >= 0.3 is 0 Å². The van der Waals surface area contributed by atoms with Gasteiger partial charge in [0.2, 0.25) is 0 Å². The van der Waals surface area contributed by atoms with Gasteiger partial charge in [0.15, 0.2) is 0 Å². The minimum Gasteiger partial charge on any atom is -0.395 e. The maximum atomic E-state index is 8.64. The van der Waals surface area contributed by atoms with Gasteiger partial charge in [-0.25, -0.2) is 0 Å². The van der Waals surface area contributed by atoms with Crippen molar-refractivity contribution in [2.24, 2.45) is 0 Å². The fourth-order valence-electron chi connectivity index (χ4n) is 1.39. The average Bonchev–Trinajstić information content (AvgIpc) is 2.30. The summed E-state index contributed by atoms with van der Waals surface area (Å²) in [6.07, 6.45) is 0.541. The second-order valence-electron chi connectivity index (χ2n) is 3.81. The Morgan fingerprint density at radius 1 is 1.38 bits per heavy atom. The van der Waals surface area contributed by atoms with Crippen LogP contribution in [0.2, 0.25) is 0 Å². The summed E-state index contributed by atoms with van der Waals surface area (Å²) in [6.45, 7) is 4.27.